The Morgan fingerprint density at radius 1 is 1.30 bits per heavy atom. The van der Waals surface area contributed by atoms with Gasteiger partial charge in [-0.2, -0.15) is 4.98 Å². The van der Waals surface area contributed by atoms with E-state index in [4.69, 9.17) is 33.0 Å². The van der Waals surface area contributed by atoms with E-state index in [1.165, 1.54) is 16.8 Å². The van der Waals surface area contributed by atoms with Gasteiger partial charge in [0.15, 0.2) is 11.3 Å². The monoisotopic (exact) mass is 499 g/mol. The molecule has 12 heteroatoms. The zero-order valence-corrected chi connectivity index (χ0v) is 20.2. The lowest BCUT2D eigenvalue weighted by atomic mass is 10.0. The number of nitrogens with one attached hydrogen (secondary N) is 1. The van der Waals surface area contributed by atoms with E-state index >= 15 is 0 Å². The Morgan fingerprint density at radius 3 is 2.97 bits per heavy atom. The van der Waals surface area contributed by atoms with Crippen LogP contribution in [-0.2, 0) is 5.41 Å². The number of nitrogens with zero attached hydrogens (tertiary/aromatic N) is 6. The number of hydrogen-bond acceptors (Lipinski definition) is 10. The Hall–Kier alpha value is -2.47. The van der Waals surface area contributed by atoms with Crippen molar-refractivity contribution in [2.45, 2.75) is 28.7 Å². The van der Waals surface area contributed by atoms with Crippen LogP contribution in [0.25, 0.3) is 11.3 Å². The van der Waals surface area contributed by atoms with E-state index in [0.29, 0.717) is 45.5 Å². The van der Waals surface area contributed by atoms with Crippen LogP contribution in [0.1, 0.15) is 17.1 Å². The predicted octanol–water partition coefficient (Wildman–Crippen LogP) is 3.25. The van der Waals surface area contributed by atoms with Crippen LogP contribution in [-0.4, -0.2) is 49.5 Å². The third-order valence-electron chi connectivity index (χ3n) is 6.75. The Morgan fingerprint density at radius 2 is 2.18 bits per heavy atom. The van der Waals surface area contributed by atoms with Gasteiger partial charge in [0.2, 0.25) is 5.95 Å². The quantitative estimate of drug-likeness (QED) is 0.378. The molecule has 3 unspecified atom stereocenters. The average molecular weight is 500 g/mol. The van der Waals surface area contributed by atoms with Crippen LogP contribution in [0.15, 0.2) is 33.8 Å². The molecule has 4 aromatic heterocycles. The van der Waals surface area contributed by atoms with Crippen molar-refractivity contribution in [3.8, 4) is 0 Å². The number of aryl methyl sites for hydroxylation is 1. The minimum Gasteiger partial charge on any atom is -0.382 e. The first-order valence-corrected chi connectivity index (χ1v) is 12.7. The molecule has 4 aromatic rings. The number of nitrogen functional groups attached to an aromatic ring is 1. The summed E-state index contributed by atoms with van der Waals surface area (Å²) in [4.78, 5) is 29.1. The summed E-state index contributed by atoms with van der Waals surface area (Å²) >= 11 is 9.39. The smallest absolute Gasteiger partial charge is 0.206 e. The molecule has 2 aliphatic rings. The summed E-state index contributed by atoms with van der Waals surface area (Å²) < 4.78 is 0. The SMILES string of the molecule is Cc1csc(C2(CN)C3CCN(c4nc5nc(Sc6ccnc(N)c6Cl)cnc5[nH]4)CC32)n1. The second kappa shape index (κ2) is 7.79. The van der Waals surface area contributed by atoms with Gasteiger partial charge in [-0.3, -0.25) is 0 Å². The Bertz CT molecular complexity index is 1350. The number of aromatic nitrogens is 6. The van der Waals surface area contributed by atoms with E-state index in [1.54, 1.807) is 29.8 Å². The Labute approximate surface area is 203 Å². The van der Waals surface area contributed by atoms with Crippen LogP contribution >= 0.6 is 34.7 Å². The normalized spacial score (nSPS) is 24.3. The zero-order valence-electron chi connectivity index (χ0n) is 17.8. The molecule has 3 atom stereocenters. The van der Waals surface area contributed by atoms with E-state index in [1.807, 2.05) is 6.92 Å². The van der Waals surface area contributed by atoms with Gasteiger partial charge in [-0.1, -0.05) is 23.4 Å². The average Bonchev–Trinajstić information content (AvgIpc) is 3.08. The van der Waals surface area contributed by atoms with Crippen molar-refractivity contribution in [1.29, 1.82) is 0 Å². The summed E-state index contributed by atoms with van der Waals surface area (Å²) in [5.41, 5.74) is 14.4. The third kappa shape index (κ3) is 3.37. The molecule has 1 saturated heterocycles. The van der Waals surface area contributed by atoms with Crippen molar-refractivity contribution in [3.63, 3.8) is 0 Å². The summed E-state index contributed by atoms with van der Waals surface area (Å²) in [6.07, 6.45) is 4.40. The van der Waals surface area contributed by atoms with Gasteiger partial charge in [0.05, 0.1) is 11.2 Å². The highest BCUT2D eigenvalue weighted by Crippen LogP contribution is 2.63. The maximum absolute atomic E-state index is 6.30. The van der Waals surface area contributed by atoms with Crippen molar-refractivity contribution < 1.29 is 0 Å². The van der Waals surface area contributed by atoms with Crippen molar-refractivity contribution in [3.05, 3.63) is 39.6 Å². The number of rotatable bonds is 5. The molecule has 0 aromatic carbocycles. The largest absolute Gasteiger partial charge is 0.382 e. The lowest BCUT2D eigenvalue weighted by Crippen LogP contribution is -2.32. The van der Waals surface area contributed by atoms with Crippen LogP contribution in [0.3, 0.4) is 0 Å². The van der Waals surface area contributed by atoms with Crippen LogP contribution in [0.5, 0.6) is 0 Å². The molecule has 6 rings (SSSR count). The van der Waals surface area contributed by atoms with Crippen molar-refractivity contribution in [1.82, 2.24) is 29.9 Å². The molecule has 5 heterocycles. The summed E-state index contributed by atoms with van der Waals surface area (Å²) in [7, 11) is 0. The van der Waals surface area contributed by atoms with Crippen LogP contribution < -0.4 is 16.4 Å². The lowest BCUT2D eigenvalue weighted by molar-refractivity contribution is 0.543. The van der Waals surface area contributed by atoms with E-state index in [2.05, 4.69) is 30.2 Å². The topological polar surface area (TPSA) is 136 Å². The van der Waals surface area contributed by atoms with Crippen LogP contribution in [0.2, 0.25) is 5.02 Å². The second-order valence-corrected chi connectivity index (χ2v) is 10.8. The number of halogens is 1. The molecule has 33 heavy (non-hydrogen) atoms. The minimum absolute atomic E-state index is 0.00561. The fraction of sp³-hybridized carbons (Fsp3) is 0.381. The van der Waals surface area contributed by atoms with E-state index in [0.717, 1.165) is 36.0 Å². The van der Waals surface area contributed by atoms with Gasteiger partial charge in [0.25, 0.3) is 0 Å². The number of pyridine rings is 1. The van der Waals surface area contributed by atoms with Gasteiger partial charge in [0.1, 0.15) is 15.9 Å². The Balaban J connectivity index is 1.23. The molecule has 2 fully saturated rings. The number of hydrogen-bond donors (Lipinski definition) is 3. The first kappa shape index (κ1) is 21.1. The molecule has 5 N–H and O–H groups in total. The molecule has 0 bridgehead atoms. The fourth-order valence-electron chi connectivity index (χ4n) is 5.04. The van der Waals surface area contributed by atoms with Crippen molar-refractivity contribution in [2.75, 3.05) is 30.3 Å². The molecular weight excluding hydrogens is 478 g/mol. The third-order valence-corrected chi connectivity index (χ3v) is 9.38. The zero-order chi connectivity index (χ0) is 22.7. The molecule has 1 saturated carbocycles. The molecule has 0 radical (unpaired) electrons. The molecular formula is C21H22ClN9S2. The maximum atomic E-state index is 6.30. The van der Waals surface area contributed by atoms with Gasteiger partial charge < -0.3 is 21.4 Å². The highest BCUT2D eigenvalue weighted by molar-refractivity contribution is 7.99. The highest BCUT2D eigenvalue weighted by atomic mass is 35.5. The van der Waals surface area contributed by atoms with Crippen LogP contribution in [0.4, 0.5) is 11.8 Å². The summed E-state index contributed by atoms with van der Waals surface area (Å²) in [6, 6.07) is 1.80. The molecule has 0 amide bonds. The molecule has 0 spiro atoms. The Kier molecular flexibility index (Phi) is 4.98. The number of piperidine rings is 1. The predicted molar refractivity (Wildman–Crippen MR) is 131 cm³/mol. The number of thiazole rings is 1. The standard InChI is InChI=1S/C21H22ClN9S2/c1-10-8-32-19(27-10)21(9-23)11-3-5-31(7-12(11)21)20-29-17-18(30-20)28-14(6-26-17)33-13-2-4-25-16(24)15(13)22/h2,4,6,8,11-12H,3,5,7,9,23H2,1H3,(H2,24,25)(H,26,28,29,30). The molecule has 1 aliphatic heterocycles. The van der Waals surface area contributed by atoms with Gasteiger partial charge in [-0.05, 0) is 31.2 Å². The summed E-state index contributed by atoms with van der Waals surface area (Å²) in [5, 5.41) is 4.41. The second-order valence-electron chi connectivity index (χ2n) is 8.54. The van der Waals surface area contributed by atoms with Gasteiger partial charge in [0, 0.05) is 47.2 Å². The van der Waals surface area contributed by atoms with Crippen molar-refractivity contribution >= 4 is 57.8 Å². The highest BCUT2D eigenvalue weighted by Gasteiger charge is 2.67. The number of H-pyrrole nitrogens is 1. The first-order valence-electron chi connectivity index (χ1n) is 10.7. The van der Waals surface area contributed by atoms with E-state index in [-0.39, 0.29) is 5.41 Å². The first-order chi connectivity index (χ1) is 16.0. The van der Waals surface area contributed by atoms with E-state index < -0.39 is 0 Å². The number of fused-ring (bicyclic) bond motifs is 2. The van der Waals surface area contributed by atoms with Crippen molar-refractivity contribution in [2.24, 2.45) is 17.6 Å². The summed E-state index contributed by atoms with van der Waals surface area (Å²) in [5.74, 6) is 2.17. The number of nitrogens with two attached hydrogens (primary N) is 2. The van der Waals surface area contributed by atoms with E-state index in [9.17, 15) is 0 Å². The lowest BCUT2D eigenvalue weighted by Gasteiger charge is -2.25. The molecule has 170 valence electrons. The van der Waals surface area contributed by atoms with Gasteiger partial charge >= 0.3 is 0 Å². The number of anilines is 2. The van der Waals surface area contributed by atoms with Gasteiger partial charge in [-0.15, -0.1) is 11.3 Å². The summed E-state index contributed by atoms with van der Waals surface area (Å²) in [6.45, 7) is 4.49. The van der Waals surface area contributed by atoms with Gasteiger partial charge in [-0.25, -0.2) is 19.9 Å². The fourth-order valence-corrected chi connectivity index (χ4v) is 7.19. The minimum atomic E-state index is 0.00561. The van der Waals surface area contributed by atoms with Crippen LogP contribution in [0, 0.1) is 18.8 Å². The number of aromatic amines is 1. The molecule has 1 aliphatic carbocycles. The maximum Gasteiger partial charge on any atom is 0.206 e. The number of imidazole rings is 1. The molecule has 9 nitrogen and oxygen atoms in total.